The molecular formula is C9H6F5NO3. The molecule has 100 valence electrons. The summed E-state index contributed by atoms with van der Waals surface area (Å²) in [5.74, 6) is -1.88. The Hall–Kier alpha value is -1.93. The molecule has 0 aliphatic rings. The van der Waals surface area contributed by atoms with Crippen molar-refractivity contribution >= 4 is 6.29 Å². The summed E-state index contributed by atoms with van der Waals surface area (Å²) in [5.41, 5.74) is -1.54. The molecule has 0 atom stereocenters. The van der Waals surface area contributed by atoms with Gasteiger partial charge in [-0.1, -0.05) is 0 Å². The third-order valence-corrected chi connectivity index (χ3v) is 1.78. The predicted molar refractivity (Wildman–Crippen MR) is 47.8 cm³/mol. The quantitative estimate of drug-likeness (QED) is 0.624. The number of ether oxygens (including phenoxy) is 2. The van der Waals surface area contributed by atoms with Crippen LogP contribution in [0.5, 0.6) is 11.8 Å². The second-order valence-corrected chi connectivity index (χ2v) is 2.95. The molecule has 0 spiro atoms. The lowest BCUT2D eigenvalue weighted by Crippen LogP contribution is -2.19. The van der Waals surface area contributed by atoms with Crippen molar-refractivity contribution in [3.63, 3.8) is 0 Å². The molecule has 1 aromatic heterocycles. The minimum atomic E-state index is -5.18. The first-order valence-electron chi connectivity index (χ1n) is 4.36. The van der Waals surface area contributed by atoms with Crippen molar-refractivity contribution in [1.82, 2.24) is 4.98 Å². The van der Waals surface area contributed by atoms with Crippen LogP contribution in [0, 0.1) is 0 Å². The zero-order valence-corrected chi connectivity index (χ0v) is 8.79. The highest BCUT2D eigenvalue weighted by atomic mass is 19.4. The van der Waals surface area contributed by atoms with Crippen molar-refractivity contribution < 1.29 is 36.2 Å². The molecule has 1 rings (SSSR count). The first-order chi connectivity index (χ1) is 8.28. The van der Waals surface area contributed by atoms with Crippen molar-refractivity contribution in [3.05, 3.63) is 17.2 Å². The normalized spacial score (nSPS) is 11.5. The number of hydrogen-bond acceptors (Lipinski definition) is 4. The van der Waals surface area contributed by atoms with E-state index in [4.69, 9.17) is 0 Å². The van der Waals surface area contributed by atoms with Crippen LogP contribution >= 0.6 is 0 Å². The van der Waals surface area contributed by atoms with Gasteiger partial charge in [0, 0.05) is 0 Å². The van der Waals surface area contributed by atoms with Gasteiger partial charge >= 0.3 is 6.36 Å². The Labute approximate surface area is 97.3 Å². The van der Waals surface area contributed by atoms with Crippen molar-refractivity contribution in [2.45, 2.75) is 12.8 Å². The lowest BCUT2D eigenvalue weighted by atomic mass is 10.2. The summed E-state index contributed by atoms with van der Waals surface area (Å²) >= 11 is 0. The zero-order chi connectivity index (χ0) is 13.9. The summed E-state index contributed by atoms with van der Waals surface area (Å²) in [5, 5.41) is 0. The molecule has 0 unspecified atom stereocenters. The highest BCUT2D eigenvalue weighted by molar-refractivity contribution is 5.79. The Morgan fingerprint density at radius 2 is 1.94 bits per heavy atom. The van der Waals surface area contributed by atoms with E-state index in [1.54, 1.807) is 0 Å². The van der Waals surface area contributed by atoms with Gasteiger partial charge in [-0.3, -0.25) is 4.79 Å². The summed E-state index contributed by atoms with van der Waals surface area (Å²) in [6.07, 6.45) is -8.32. The minimum Gasteiger partial charge on any atom is -0.480 e. The summed E-state index contributed by atoms with van der Waals surface area (Å²) in [4.78, 5) is 13.6. The van der Waals surface area contributed by atoms with Gasteiger partial charge in [-0.05, 0) is 6.07 Å². The fourth-order valence-electron chi connectivity index (χ4n) is 1.11. The Morgan fingerprint density at radius 3 is 2.33 bits per heavy atom. The lowest BCUT2D eigenvalue weighted by Gasteiger charge is -2.13. The third kappa shape index (κ3) is 3.28. The molecule has 0 bridgehead atoms. The highest BCUT2D eigenvalue weighted by Crippen LogP contribution is 2.34. The number of nitrogens with zero attached hydrogens (tertiary/aromatic N) is 1. The zero-order valence-electron chi connectivity index (χ0n) is 8.79. The number of methoxy groups -OCH3 is 1. The highest BCUT2D eigenvalue weighted by Gasteiger charge is 2.35. The summed E-state index contributed by atoms with van der Waals surface area (Å²) in [6, 6.07) is 0.532. The van der Waals surface area contributed by atoms with Gasteiger partial charge in [0.2, 0.25) is 11.8 Å². The van der Waals surface area contributed by atoms with Gasteiger partial charge in [0.05, 0.1) is 18.2 Å². The van der Waals surface area contributed by atoms with Crippen LogP contribution in [0.4, 0.5) is 22.0 Å². The van der Waals surface area contributed by atoms with E-state index in [9.17, 15) is 26.7 Å². The smallest absolute Gasteiger partial charge is 0.480 e. The molecule has 0 saturated heterocycles. The van der Waals surface area contributed by atoms with E-state index in [-0.39, 0.29) is 6.29 Å². The van der Waals surface area contributed by atoms with Crippen LogP contribution in [-0.2, 0) is 0 Å². The van der Waals surface area contributed by atoms with Gasteiger partial charge in [-0.15, -0.1) is 13.2 Å². The van der Waals surface area contributed by atoms with Crippen molar-refractivity contribution in [1.29, 1.82) is 0 Å². The number of rotatable bonds is 4. The topological polar surface area (TPSA) is 48.4 Å². The molecule has 4 nitrogen and oxygen atoms in total. The van der Waals surface area contributed by atoms with E-state index < -0.39 is 35.7 Å². The molecule has 9 heteroatoms. The van der Waals surface area contributed by atoms with Crippen molar-refractivity contribution in [2.24, 2.45) is 0 Å². The number of hydrogen-bond donors (Lipinski definition) is 0. The van der Waals surface area contributed by atoms with E-state index in [1.807, 2.05) is 0 Å². The minimum absolute atomic E-state index is 0.134. The number of carbonyl (C=O) groups excluding carboxylic acids is 1. The predicted octanol–water partition coefficient (Wildman–Crippen LogP) is 2.74. The van der Waals surface area contributed by atoms with Gasteiger partial charge < -0.3 is 9.47 Å². The monoisotopic (exact) mass is 271 g/mol. The van der Waals surface area contributed by atoms with Crippen LogP contribution in [-0.4, -0.2) is 24.7 Å². The van der Waals surface area contributed by atoms with Crippen LogP contribution in [0.15, 0.2) is 6.07 Å². The van der Waals surface area contributed by atoms with E-state index in [0.717, 1.165) is 7.11 Å². The Kier molecular flexibility index (Phi) is 4.04. The number of aromatic nitrogens is 1. The van der Waals surface area contributed by atoms with Crippen LogP contribution in [0.3, 0.4) is 0 Å². The van der Waals surface area contributed by atoms with Gasteiger partial charge in [-0.2, -0.15) is 4.98 Å². The second kappa shape index (κ2) is 5.15. The van der Waals surface area contributed by atoms with Gasteiger partial charge in [0.1, 0.15) is 0 Å². The SMILES string of the molecule is COc1nc(OC(F)(F)F)c(C(F)F)cc1C=O. The Balaban J connectivity index is 3.33. The standard InChI is InChI=1S/C9H6F5NO3/c1-17-7-4(3-16)2-5(6(10)11)8(15-7)18-9(12,13)14/h2-3,6H,1H3. The van der Waals surface area contributed by atoms with Crippen LogP contribution < -0.4 is 9.47 Å². The van der Waals surface area contributed by atoms with Crippen LogP contribution in [0.1, 0.15) is 22.3 Å². The average Bonchev–Trinajstić information content (AvgIpc) is 2.25. The lowest BCUT2D eigenvalue weighted by molar-refractivity contribution is -0.276. The van der Waals surface area contributed by atoms with Crippen molar-refractivity contribution in [3.8, 4) is 11.8 Å². The number of halogens is 5. The van der Waals surface area contributed by atoms with E-state index in [1.165, 1.54) is 0 Å². The molecule has 1 heterocycles. The average molecular weight is 271 g/mol. The Morgan fingerprint density at radius 1 is 1.33 bits per heavy atom. The summed E-state index contributed by atoms with van der Waals surface area (Å²) < 4.78 is 68.8. The fourth-order valence-corrected chi connectivity index (χ4v) is 1.11. The molecular weight excluding hydrogens is 265 g/mol. The molecule has 0 N–H and O–H groups in total. The molecule has 0 radical (unpaired) electrons. The van der Waals surface area contributed by atoms with E-state index in [2.05, 4.69) is 14.5 Å². The molecule has 0 amide bonds. The number of aldehydes is 1. The summed E-state index contributed by atoms with van der Waals surface area (Å²) in [6.45, 7) is 0. The maximum Gasteiger partial charge on any atom is 0.574 e. The molecule has 0 aliphatic carbocycles. The van der Waals surface area contributed by atoms with Gasteiger partial charge in [0.15, 0.2) is 6.29 Å². The van der Waals surface area contributed by atoms with Crippen molar-refractivity contribution in [2.75, 3.05) is 7.11 Å². The van der Waals surface area contributed by atoms with Gasteiger partial charge in [0.25, 0.3) is 6.43 Å². The first kappa shape index (κ1) is 14.1. The third-order valence-electron chi connectivity index (χ3n) is 1.78. The second-order valence-electron chi connectivity index (χ2n) is 2.95. The molecule has 0 aromatic carbocycles. The number of alkyl halides is 5. The number of pyridine rings is 1. The fraction of sp³-hybridized carbons (Fsp3) is 0.333. The van der Waals surface area contributed by atoms with Crippen LogP contribution in [0.2, 0.25) is 0 Å². The molecule has 1 aromatic rings. The Bertz CT molecular complexity index is 447. The maximum absolute atomic E-state index is 12.5. The van der Waals surface area contributed by atoms with Gasteiger partial charge in [-0.25, -0.2) is 8.78 Å². The number of carbonyl (C=O) groups is 1. The van der Waals surface area contributed by atoms with Crippen LogP contribution in [0.25, 0.3) is 0 Å². The maximum atomic E-state index is 12.5. The molecule has 0 fully saturated rings. The molecule has 18 heavy (non-hydrogen) atoms. The molecule has 0 saturated carbocycles. The first-order valence-corrected chi connectivity index (χ1v) is 4.36. The largest absolute Gasteiger partial charge is 0.574 e. The summed E-state index contributed by atoms with van der Waals surface area (Å²) in [7, 11) is 1.02. The molecule has 0 aliphatic heterocycles. The van der Waals surface area contributed by atoms with E-state index >= 15 is 0 Å². The van der Waals surface area contributed by atoms with E-state index in [0.29, 0.717) is 6.07 Å².